The molecule has 0 radical (unpaired) electrons. The lowest BCUT2D eigenvalue weighted by Crippen LogP contribution is -2.50. The molecule has 32 heavy (non-hydrogen) atoms. The van der Waals surface area contributed by atoms with Crippen molar-refractivity contribution in [3.63, 3.8) is 0 Å². The van der Waals surface area contributed by atoms with Crippen molar-refractivity contribution in [1.29, 1.82) is 0 Å². The van der Waals surface area contributed by atoms with Gasteiger partial charge in [-0.3, -0.25) is 9.59 Å². The largest absolute Gasteiger partial charge is 0.354 e. The van der Waals surface area contributed by atoms with E-state index in [1.165, 1.54) is 11.2 Å². The molecule has 3 rings (SSSR count). The van der Waals surface area contributed by atoms with Crippen molar-refractivity contribution in [2.24, 2.45) is 0 Å². The molecule has 1 amide bonds. The molecule has 0 aliphatic carbocycles. The smallest absolute Gasteiger partial charge is 0.270 e. The summed E-state index contributed by atoms with van der Waals surface area (Å²) in [6.07, 6.45) is 1.57. The Balaban J connectivity index is 1.73. The molecule has 7 nitrogen and oxygen atoms in total. The molecule has 1 aliphatic heterocycles. The number of aromatic amines is 1. The van der Waals surface area contributed by atoms with Crippen LogP contribution in [-0.4, -0.2) is 60.5 Å². The Labute approximate surface area is 190 Å². The number of carbonyl (C=O) groups excluding carboxylic acids is 2. The fourth-order valence-electron chi connectivity index (χ4n) is 4.33. The molecule has 2 aromatic rings. The van der Waals surface area contributed by atoms with Crippen LogP contribution in [0.1, 0.15) is 77.7 Å². The van der Waals surface area contributed by atoms with Gasteiger partial charge in [0.15, 0.2) is 5.78 Å². The molecule has 8 heteroatoms. The van der Waals surface area contributed by atoms with Crippen LogP contribution >= 0.6 is 0 Å². The van der Waals surface area contributed by atoms with Gasteiger partial charge in [-0.2, -0.15) is 4.31 Å². The highest BCUT2D eigenvalue weighted by molar-refractivity contribution is 7.89. The van der Waals surface area contributed by atoms with Gasteiger partial charge in [0.1, 0.15) is 5.69 Å². The summed E-state index contributed by atoms with van der Waals surface area (Å²) in [4.78, 5) is 30.2. The van der Waals surface area contributed by atoms with Crippen LogP contribution in [0, 0.1) is 6.92 Å². The standard InChI is InChI=1S/C24H33N3O4S/c1-6-16(3)19-8-10-20(11-9-19)32(30,31)27-14-12-26(13-15-27)24(29)23-21(7-2)22(18(5)28)17(4)25-23/h8-11,16,25H,6-7,12-15H2,1-5H3. The molecule has 1 aliphatic rings. The highest BCUT2D eigenvalue weighted by atomic mass is 32.2. The lowest BCUT2D eigenvalue weighted by Gasteiger charge is -2.34. The average molecular weight is 460 g/mol. The van der Waals surface area contributed by atoms with E-state index < -0.39 is 10.0 Å². The summed E-state index contributed by atoms with van der Waals surface area (Å²) < 4.78 is 27.6. The van der Waals surface area contributed by atoms with E-state index in [9.17, 15) is 18.0 Å². The molecule has 0 spiro atoms. The number of Topliss-reactive ketones (excluding diaryl/α,β-unsaturated/α-hetero) is 1. The first-order valence-corrected chi connectivity index (χ1v) is 12.7. The first-order valence-electron chi connectivity index (χ1n) is 11.2. The summed E-state index contributed by atoms with van der Waals surface area (Å²) in [6, 6.07) is 7.11. The fraction of sp³-hybridized carbons (Fsp3) is 0.500. The van der Waals surface area contributed by atoms with Crippen LogP contribution < -0.4 is 0 Å². The number of H-pyrrole nitrogens is 1. The number of ketones is 1. The predicted molar refractivity (Wildman–Crippen MR) is 125 cm³/mol. The third-order valence-corrected chi connectivity index (χ3v) is 8.35. The maximum atomic E-state index is 13.1. The van der Waals surface area contributed by atoms with Crippen LogP contribution in [0.25, 0.3) is 0 Å². The predicted octanol–water partition coefficient (Wildman–Crippen LogP) is 3.75. The zero-order chi connectivity index (χ0) is 23.6. The zero-order valence-corrected chi connectivity index (χ0v) is 20.4. The van der Waals surface area contributed by atoms with Crippen LogP contribution in [0.15, 0.2) is 29.2 Å². The van der Waals surface area contributed by atoms with Gasteiger partial charge in [-0.25, -0.2) is 8.42 Å². The molecule has 1 aromatic heterocycles. The van der Waals surface area contributed by atoms with E-state index in [0.717, 1.165) is 17.5 Å². The highest BCUT2D eigenvalue weighted by Gasteiger charge is 2.32. The van der Waals surface area contributed by atoms with Crippen molar-refractivity contribution in [2.75, 3.05) is 26.2 Å². The molecule has 0 saturated carbocycles. The van der Waals surface area contributed by atoms with E-state index in [0.29, 0.717) is 42.4 Å². The van der Waals surface area contributed by atoms with Crippen LogP contribution in [0.2, 0.25) is 0 Å². The molecular formula is C24H33N3O4S. The first kappa shape index (κ1) is 24.2. The topological polar surface area (TPSA) is 90.6 Å². The fourth-order valence-corrected chi connectivity index (χ4v) is 5.75. The molecule has 1 saturated heterocycles. The highest BCUT2D eigenvalue weighted by Crippen LogP contribution is 2.25. The monoisotopic (exact) mass is 459 g/mol. The first-order chi connectivity index (χ1) is 15.1. The number of aryl methyl sites for hydroxylation is 1. The van der Waals surface area contributed by atoms with Crippen LogP contribution in [-0.2, 0) is 16.4 Å². The van der Waals surface area contributed by atoms with Gasteiger partial charge >= 0.3 is 0 Å². The molecule has 1 fully saturated rings. The minimum Gasteiger partial charge on any atom is -0.354 e. The summed E-state index contributed by atoms with van der Waals surface area (Å²) in [7, 11) is -3.61. The average Bonchev–Trinajstić information content (AvgIpc) is 3.14. The minimum atomic E-state index is -3.61. The SMILES string of the molecule is CCc1c(C(=O)N2CCN(S(=O)(=O)c3ccc(C(C)CC)cc3)CC2)[nH]c(C)c1C(C)=O. The number of amides is 1. The summed E-state index contributed by atoms with van der Waals surface area (Å²) in [5, 5.41) is 0. The Morgan fingerprint density at radius 1 is 1.06 bits per heavy atom. The van der Waals surface area contributed by atoms with Gasteiger partial charge in [0.05, 0.1) is 4.90 Å². The van der Waals surface area contributed by atoms with Crippen molar-refractivity contribution in [3.8, 4) is 0 Å². The molecule has 2 heterocycles. The van der Waals surface area contributed by atoms with Crippen molar-refractivity contribution in [1.82, 2.24) is 14.2 Å². The van der Waals surface area contributed by atoms with Gasteiger partial charge in [-0.1, -0.05) is 32.9 Å². The summed E-state index contributed by atoms with van der Waals surface area (Å²) >= 11 is 0. The van der Waals surface area contributed by atoms with Crippen LogP contribution in [0.5, 0.6) is 0 Å². The molecule has 0 bridgehead atoms. The quantitative estimate of drug-likeness (QED) is 0.639. The lowest BCUT2D eigenvalue weighted by molar-refractivity contribution is 0.0691. The molecular weight excluding hydrogens is 426 g/mol. The Morgan fingerprint density at radius 3 is 2.16 bits per heavy atom. The molecule has 1 N–H and O–H groups in total. The number of benzene rings is 1. The molecule has 1 aromatic carbocycles. The van der Waals surface area contributed by atoms with E-state index >= 15 is 0 Å². The van der Waals surface area contributed by atoms with Gasteiger partial charge in [0.2, 0.25) is 10.0 Å². The molecule has 174 valence electrons. The van der Waals surface area contributed by atoms with E-state index in [1.54, 1.807) is 24.0 Å². The number of rotatable bonds is 7. The van der Waals surface area contributed by atoms with E-state index in [1.807, 2.05) is 19.1 Å². The Morgan fingerprint density at radius 2 is 1.66 bits per heavy atom. The lowest BCUT2D eigenvalue weighted by atomic mass is 9.99. The van der Waals surface area contributed by atoms with Crippen LogP contribution in [0.3, 0.4) is 0 Å². The van der Waals surface area contributed by atoms with Gasteiger partial charge in [0.25, 0.3) is 5.91 Å². The van der Waals surface area contributed by atoms with E-state index in [-0.39, 0.29) is 29.7 Å². The summed E-state index contributed by atoms with van der Waals surface area (Å²) in [5.41, 5.74) is 3.57. The van der Waals surface area contributed by atoms with Gasteiger partial charge in [-0.15, -0.1) is 0 Å². The Bertz CT molecular complexity index is 1100. The number of aromatic nitrogens is 1. The number of nitrogens with zero attached hydrogens (tertiary/aromatic N) is 2. The maximum absolute atomic E-state index is 13.1. The number of hydrogen-bond donors (Lipinski definition) is 1. The van der Waals surface area contributed by atoms with Crippen molar-refractivity contribution in [2.45, 2.75) is 58.3 Å². The third-order valence-electron chi connectivity index (χ3n) is 6.44. The maximum Gasteiger partial charge on any atom is 0.270 e. The number of sulfonamides is 1. The van der Waals surface area contributed by atoms with E-state index in [2.05, 4.69) is 18.8 Å². The normalized spacial score (nSPS) is 16.2. The molecule has 1 unspecified atom stereocenters. The number of carbonyl (C=O) groups is 2. The van der Waals surface area contributed by atoms with E-state index in [4.69, 9.17) is 0 Å². The third kappa shape index (κ3) is 4.52. The Hall–Kier alpha value is -2.45. The number of nitrogens with one attached hydrogen (secondary N) is 1. The summed E-state index contributed by atoms with van der Waals surface area (Å²) in [5.74, 6) is 0.131. The van der Waals surface area contributed by atoms with Gasteiger partial charge in [0, 0.05) is 37.4 Å². The number of piperazine rings is 1. The molecule has 1 atom stereocenters. The Kier molecular flexibility index (Phi) is 7.25. The minimum absolute atomic E-state index is 0.0649. The van der Waals surface area contributed by atoms with Crippen molar-refractivity contribution in [3.05, 3.63) is 52.3 Å². The van der Waals surface area contributed by atoms with Crippen molar-refractivity contribution >= 4 is 21.7 Å². The van der Waals surface area contributed by atoms with Crippen molar-refractivity contribution < 1.29 is 18.0 Å². The van der Waals surface area contributed by atoms with Gasteiger partial charge < -0.3 is 9.88 Å². The zero-order valence-electron chi connectivity index (χ0n) is 19.6. The second-order valence-electron chi connectivity index (χ2n) is 8.46. The van der Waals surface area contributed by atoms with Gasteiger partial charge in [-0.05, 0) is 55.9 Å². The second-order valence-corrected chi connectivity index (χ2v) is 10.4. The summed E-state index contributed by atoms with van der Waals surface area (Å²) in [6.45, 7) is 10.5. The second kappa shape index (κ2) is 9.58. The van der Waals surface area contributed by atoms with Crippen LogP contribution in [0.4, 0.5) is 0 Å². The number of hydrogen-bond acceptors (Lipinski definition) is 4.